The first-order valence-corrected chi connectivity index (χ1v) is 8.63. The Kier molecular flexibility index (Phi) is 14.3. The number of carbonyl (C=O) groups excluding carboxylic acids is 2. The van der Waals surface area contributed by atoms with Crippen molar-refractivity contribution in [2.75, 3.05) is 0 Å². The van der Waals surface area contributed by atoms with Gasteiger partial charge in [0.15, 0.2) is 5.78 Å². The quantitative estimate of drug-likeness (QED) is 0.448. The lowest BCUT2D eigenvalue weighted by molar-refractivity contribution is -0.147. The van der Waals surface area contributed by atoms with Crippen LogP contribution in [0.15, 0.2) is 12.7 Å². The third-order valence-corrected chi connectivity index (χ3v) is 3.81. The van der Waals surface area contributed by atoms with Gasteiger partial charge in [0.2, 0.25) is 0 Å². The molecule has 0 spiro atoms. The highest BCUT2D eigenvalue weighted by molar-refractivity contribution is 9.10. The van der Waals surface area contributed by atoms with Crippen LogP contribution in [0.3, 0.4) is 0 Å². The van der Waals surface area contributed by atoms with E-state index in [9.17, 15) is 19.2 Å². The Morgan fingerprint density at radius 1 is 1.04 bits per heavy atom. The number of carboxylic acid groups (broad SMARTS) is 2. The highest BCUT2D eigenvalue weighted by Gasteiger charge is 2.31. The van der Waals surface area contributed by atoms with Gasteiger partial charge in [-0.25, -0.2) is 0 Å². The van der Waals surface area contributed by atoms with Gasteiger partial charge in [0.05, 0.1) is 10.2 Å². The molecule has 1 unspecified atom stereocenters. The van der Waals surface area contributed by atoms with Crippen LogP contribution in [0.5, 0.6) is 0 Å². The number of aliphatic carboxylic acids is 2. The smallest absolute Gasteiger partial charge is 0.319 e. The van der Waals surface area contributed by atoms with Crippen LogP contribution in [-0.2, 0) is 19.2 Å². The van der Waals surface area contributed by atoms with Gasteiger partial charge in [-0.2, -0.15) is 0 Å². The van der Waals surface area contributed by atoms with Crippen molar-refractivity contribution in [3.63, 3.8) is 0 Å². The number of ketones is 2. The molecular formula is C16H26Br2O6. The van der Waals surface area contributed by atoms with E-state index in [1.807, 2.05) is 0 Å². The van der Waals surface area contributed by atoms with Crippen LogP contribution in [0.1, 0.15) is 48.0 Å². The van der Waals surface area contributed by atoms with Gasteiger partial charge < -0.3 is 10.2 Å². The summed E-state index contributed by atoms with van der Waals surface area (Å²) >= 11 is 6.08. The SMILES string of the molecule is C=CC(C)=O.CC(=O)C(Br)CC(C)(C)C(=O)O.CC(C)(Br)C(=O)O. The van der Waals surface area contributed by atoms with Gasteiger partial charge in [0.25, 0.3) is 0 Å². The van der Waals surface area contributed by atoms with Gasteiger partial charge >= 0.3 is 11.9 Å². The minimum Gasteiger partial charge on any atom is -0.481 e. The van der Waals surface area contributed by atoms with Crippen molar-refractivity contribution in [2.24, 2.45) is 5.41 Å². The van der Waals surface area contributed by atoms with Crippen molar-refractivity contribution in [1.82, 2.24) is 0 Å². The number of alkyl halides is 2. The number of rotatable bonds is 6. The third kappa shape index (κ3) is 17.3. The molecule has 0 radical (unpaired) electrons. The monoisotopic (exact) mass is 472 g/mol. The van der Waals surface area contributed by atoms with Crippen molar-refractivity contribution >= 4 is 55.4 Å². The van der Waals surface area contributed by atoms with E-state index in [0.717, 1.165) is 0 Å². The van der Waals surface area contributed by atoms with Crippen LogP contribution in [0.2, 0.25) is 0 Å². The molecule has 24 heavy (non-hydrogen) atoms. The Hall–Kier alpha value is -1.02. The number of hydrogen-bond acceptors (Lipinski definition) is 4. The fourth-order valence-corrected chi connectivity index (χ4v) is 1.49. The van der Waals surface area contributed by atoms with Crippen LogP contribution in [0.25, 0.3) is 0 Å². The number of Topliss-reactive ketones (excluding diaryl/α,β-unsaturated/α-hetero) is 1. The Morgan fingerprint density at radius 3 is 1.46 bits per heavy atom. The second kappa shape index (κ2) is 12.4. The zero-order valence-corrected chi connectivity index (χ0v) is 18.0. The Balaban J connectivity index is -0.000000311. The first-order chi connectivity index (χ1) is 10.5. The van der Waals surface area contributed by atoms with Crippen LogP contribution in [0.4, 0.5) is 0 Å². The van der Waals surface area contributed by atoms with Gasteiger partial charge in [0.1, 0.15) is 10.1 Å². The zero-order valence-electron chi connectivity index (χ0n) is 14.9. The molecule has 0 rings (SSSR count). The van der Waals surface area contributed by atoms with E-state index in [1.54, 1.807) is 27.7 Å². The highest BCUT2D eigenvalue weighted by atomic mass is 79.9. The predicted molar refractivity (Wildman–Crippen MR) is 101 cm³/mol. The van der Waals surface area contributed by atoms with Gasteiger partial charge in [0, 0.05) is 0 Å². The molecule has 1 atom stereocenters. The summed E-state index contributed by atoms with van der Waals surface area (Å²) in [5.74, 6) is -1.74. The lowest BCUT2D eigenvalue weighted by Crippen LogP contribution is -2.29. The number of hydrogen-bond donors (Lipinski definition) is 2. The minimum atomic E-state index is -0.881. The van der Waals surface area contributed by atoms with E-state index in [-0.39, 0.29) is 16.4 Å². The molecule has 6 nitrogen and oxygen atoms in total. The summed E-state index contributed by atoms with van der Waals surface area (Å²) in [4.78, 5) is 40.8. The third-order valence-electron chi connectivity index (χ3n) is 2.51. The summed E-state index contributed by atoms with van der Waals surface area (Å²) < 4.78 is -0.771. The van der Waals surface area contributed by atoms with E-state index in [4.69, 9.17) is 10.2 Å². The van der Waals surface area contributed by atoms with Gasteiger partial charge in [-0.1, -0.05) is 38.4 Å². The number of allylic oxidation sites excluding steroid dienone is 1. The molecule has 8 heteroatoms. The summed E-state index contributed by atoms with van der Waals surface area (Å²) in [7, 11) is 0. The van der Waals surface area contributed by atoms with Crippen LogP contribution in [0, 0.1) is 5.41 Å². The molecule has 0 bridgehead atoms. The topological polar surface area (TPSA) is 109 Å². The van der Waals surface area contributed by atoms with Crippen molar-refractivity contribution in [1.29, 1.82) is 0 Å². The second-order valence-corrected chi connectivity index (χ2v) is 9.15. The summed E-state index contributed by atoms with van der Waals surface area (Å²) in [5, 5.41) is 16.9. The van der Waals surface area contributed by atoms with Crippen molar-refractivity contribution in [3.05, 3.63) is 12.7 Å². The average molecular weight is 474 g/mol. The molecule has 0 amide bonds. The van der Waals surface area contributed by atoms with E-state index < -0.39 is 21.7 Å². The lowest BCUT2D eigenvalue weighted by Gasteiger charge is -2.20. The van der Waals surface area contributed by atoms with Crippen molar-refractivity contribution < 1.29 is 29.4 Å². The first-order valence-electron chi connectivity index (χ1n) is 6.92. The Labute approximate surface area is 160 Å². The molecule has 0 saturated heterocycles. The number of halogens is 2. The van der Waals surface area contributed by atoms with E-state index >= 15 is 0 Å². The second-order valence-electron chi connectivity index (χ2n) is 6.06. The Bertz CT molecular complexity index is 464. The van der Waals surface area contributed by atoms with Crippen LogP contribution in [-0.4, -0.2) is 42.9 Å². The summed E-state index contributed by atoms with van der Waals surface area (Å²) in [6.45, 7) is 12.5. The fraction of sp³-hybridized carbons (Fsp3) is 0.625. The molecule has 0 saturated carbocycles. The molecular weight excluding hydrogens is 448 g/mol. The predicted octanol–water partition coefficient (Wildman–Crippen LogP) is 3.85. The molecule has 0 aliphatic carbocycles. The number of carboxylic acids is 2. The normalized spacial score (nSPS) is 11.7. The summed E-state index contributed by atoms with van der Waals surface area (Å²) in [6.07, 6.45) is 1.59. The van der Waals surface area contributed by atoms with E-state index in [2.05, 4.69) is 38.4 Å². The fourth-order valence-electron chi connectivity index (χ4n) is 0.679. The summed E-state index contributed by atoms with van der Waals surface area (Å²) in [6, 6.07) is 0. The molecule has 0 aliphatic heterocycles. The van der Waals surface area contributed by atoms with Crippen molar-refractivity contribution in [2.45, 2.75) is 57.1 Å². The minimum absolute atomic E-state index is 0.0185. The molecule has 0 heterocycles. The highest BCUT2D eigenvalue weighted by Crippen LogP contribution is 2.26. The first kappa shape index (κ1) is 27.8. The van der Waals surface area contributed by atoms with Gasteiger partial charge in [-0.15, -0.1) is 0 Å². The Morgan fingerprint density at radius 2 is 1.33 bits per heavy atom. The molecule has 0 aromatic heterocycles. The summed E-state index contributed by atoms with van der Waals surface area (Å²) in [5.41, 5.74) is -0.847. The maximum Gasteiger partial charge on any atom is 0.319 e. The van der Waals surface area contributed by atoms with Gasteiger partial charge in [-0.3, -0.25) is 19.2 Å². The molecule has 0 aliphatic rings. The molecule has 2 N–H and O–H groups in total. The molecule has 140 valence electrons. The standard InChI is InChI=1S/C8H13BrO3.C4H7BrO2.C4H6O/c1-5(10)6(9)4-8(2,3)7(11)12;1-4(2,5)3(6)7;1-3-4(2)5/h6H,4H2,1-3H3,(H,11,12);1-2H3,(H,6,7);3H,1H2,2H3. The van der Waals surface area contributed by atoms with Crippen molar-refractivity contribution in [3.8, 4) is 0 Å². The zero-order chi connectivity index (χ0) is 20.3. The van der Waals surface area contributed by atoms with Crippen LogP contribution < -0.4 is 0 Å². The molecule has 0 aromatic carbocycles. The largest absolute Gasteiger partial charge is 0.481 e. The molecule has 0 aromatic rings. The van der Waals surface area contributed by atoms with E-state index in [1.165, 1.54) is 19.9 Å². The van der Waals surface area contributed by atoms with Gasteiger partial charge in [-0.05, 0) is 54.0 Å². The molecule has 0 fully saturated rings. The average Bonchev–Trinajstić information content (AvgIpc) is 2.38. The number of carbonyl (C=O) groups is 4. The van der Waals surface area contributed by atoms with E-state index in [0.29, 0.717) is 6.42 Å². The maximum absolute atomic E-state index is 10.8. The lowest BCUT2D eigenvalue weighted by atomic mass is 9.87. The maximum atomic E-state index is 10.8. The van der Waals surface area contributed by atoms with Crippen LogP contribution >= 0.6 is 31.9 Å².